The van der Waals surface area contributed by atoms with Crippen molar-refractivity contribution in [1.82, 2.24) is 0 Å². The second kappa shape index (κ2) is 67.3. The number of rotatable bonds is 60. The number of allylic oxidation sites excluding steroid dienone is 20. The van der Waals surface area contributed by atoms with Crippen LogP contribution in [0.5, 0.6) is 0 Å². The quantitative estimate of drug-likeness (QED) is 0.0261. The van der Waals surface area contributed by atoms with Crippen molar-refractivity contribution in [2.45, 2.75) is 316 Å². The van der Waals surface area contributed by atoms with Gasteiger partial charge in [0.2, 0.25) is 0 Å². The monoisotopic (exact) mass is 1110 g/mol. The Kier molecular flexibility index (Phi) is 63.8. The lowest BCUT2D eigenvalue weighted by Gasteiger charge is -2.18. The van der Waals surface area contributed by atoms with Crippen molar-refractivity contribution >= 4 is 17.9 Å². The number of ether oxygens (including phenoxy) is 3. The topological polar surface area (TPSA) is 78.9 Å². The van der Waals surface area contributed by atoms with Gasteiger partial charge in [0.25, 0.3) is 0 Å². The zero-order valence-corrected chi connectivity index (χ0v) is 52.3. The average Bonchev–Trinajstić information content (AvgIpc) is 3.46. The summed E-state index contributed by atoms with van der Waals surface area (Å²) < 4.78 is 16.9. The molecule has 0 heterocycles. The molecule has 0 rings (SSSR count). The van der Waals surface area contributed by atoms with Crippen LogP contribution in [-0.2, 0) is 28.6 Å². The van der Waals surface area contributed by atoms with Crippen molar-refractivity contribution in [2.24, 2.45) is 0 Å². The fourth-order valence-corrected chi connectivity index (χ4v) is 9.22. The van der Waals surface area contributed by atoms with Gasteiger partial charge in [0.1, 0.15) is 13.2 Å². The van der Waals surface area contributed by atoms with Crippen molar-refractivity contribution in [2.75, 3.05) is 13.2 Å². The Morgan fingerprint density at radius 1 is 0.263 bits per heavy atom. The SMILES string of the molecule is CC/C=C\C/C=C\C/C=C\C/C=C\C/C=C\CCCCCCCCCC(=O)OC(COC(=O)CCCCCCC/C=C\CCCCC)COC(=O)CCCCCCCCCCCCCCCC/C=C\C/C=C\C/C=C\C/C=C\CC. The largest absolute Gasteiger partial charge is 0.462 e. The highest BCUT2D eigenvalue weighted by atomic mass is 16.6. The van der Waals surface area contributed by atoms with Gasteiger partial charge >= 0.3 is 17.9 Å². The maximum absolute atomic E-state index is 12.9. The van der Waals surface area contributed by atoms with Crippen molar-refractivity contribution in [3.8, 4) is 0 Å². The minimum Gasteiger partial charge on any atom is -0.462 e. The summed E-state index contributed by atoms with van der Waals surface area (Å²) in [7, 11) is 0. The van der Waals surface area contributed by atoms with Gasteiger partial charge in [-0.2, -0.15) is 0 Å². The van der Waals surface area contributed by atoms with E-state index < -0.39 is 6.10 Å². The molecule has 0 aromatic carbocycles. The molecule has 0 radical (unpaired) electrons. The second-order valence-corrected chi connectivity index (χ2v) is 22.0. The Hall–Kier alpha value is -4.19. The first-order valence-corrected chi connectivity index (χ1v) is 33.5. The minimum absolute atomic E-state index is 0.0861. The number of hydrogen-bond acceptors (Lipinski definition) is 6. The lowest BCUT2D eigenvalue weighted by atomic mass is 10.0. The number of esters is 3. The van der Waals surface area contributed by atoms with E-state index in [9.17, 15) is 14.4 Å². The summed E-state index contributed by atoms with van der Waals surface area (Å²) in [6.45, 7) is 6.39. The summed E-state index contributed by atoms with van der Waals surface area (Å²) in [5.41, 5.74) is 0. The fraction of sp³-hybridized carbons (Fsp3) is 0.689. The van der Waals surface area contributed by atoms with E-state index in [1.807, 2.05) is 0 Å². The van der Waals surface area contributed by atoms with Gasteiger partial charge in [0, 0.05) is 19.3 Å². The van der Waals surface area contributed by atoms with Crippen LogP contribution in [0.25, 0.3) is 0 Å². The summed E-state index contributed by atoms with van der Waals surface area (Å²) in [5, 5.41) is 0. The van der Waals surface area contributed by atoms with Crippen molar-refractivity contribution in [3.05, 3.63) is 122 Å². The summed E-state index contributed by atoms with van der Waals surface area (Å²) >= 11 is 0. The van der Waals surface area contributed by atoms with Crippen LogP contribution in [0.15, 0.2) is 122 Å². The Morgan fingerprint density at radius 2 is 0.487 bits per heavy atom. The van der Waals surface area contributed by atoms with Crippen LogP contribution >= 0.6 is 0 Å². The van der Waals surface area contributed by atoms with Gasteiger partial charge in [-0.1, -0.05) is 284 Å². The van der Waals surface area contributed by atoms with Crippen LogP contribution in [0.2, 0.25) is 0 Å². The van der Waals surface area contributed by atoms with Crippen molar-refractivity contribution in [3.63, 3.8) is 0 Å². The van der Waals surface area contributed by atoms with Gasteiger partial charge in [-0.25, -0.2) is 0 Å². The zero-order valence-electron chi connectivity index (χ0n) is 52.3. The zero-order chi connectivity index (χ0) is 57.8. The van der Waals surface area contributed by atoms with Crippen LogP contribution < -0.4 is 0 Å². The van der Waals surface area contributed by atoms with Crippen LogP contribution in [0.3, 0.4) is 0 Å². The summed E-state index contributed by atoms with van der Waals surface area (Å²) in [6, 6.07) is 0. The van der Waals surface area contributed by atoms with Gasteiger partial charge in [-0.3, -0.25) is 14.4 Å². The Labute approximate surface area is 494 Å². The van der Waals surface area contributed by atoms with E-state index in [1.165, 1.54) is 141 Å². The first-order chi connectivity index (χ1) is 39.5. The number of unbranched alkanes of at least 4 members (excludes halogenated alkanes) is 29. The minimum atomic E-state index is -0.791. The van der Waals surface area contributed by atoms with Crippen molar-refractivity contribution in [1.29, 1.82) is 0 Å². The van der Waals surface area contributed by atoms with Crippen LogP contribution in [0, 0.1) is 0 Å². The fourth-order valence-electron chi connectivity index (χ4n) is 9.22. The molecule has 0 bridgehead atoms. The normalized spacial score (nSPS) is 12.9. The van der Waals surface area contributed by atoms with Crippen molar-refractivity contribution < 1.29 is 28.6 Å². The molecule has 0 N–H and O–H groups in total. The van der Waals surface area contributed by atoms with E-state index >= 15 is 0 Å². The standard InChI is InChI=1S/C74H124O6/c1-4-7-10-13-16-19-22-25-27-29-31-33-35-36-37-38-40-41-43-45-47-49-52-55-58-61-64-67-73(76)79-70-71(69-78-72(75)66-63-60-57-54-51-24-21-18-15-12-9-6-3)80-74(77)68-65-62-59-56-53-50-48-46-44-42-39-34-32-30-28-26-23-20-17-14-11-8-5-2/h7-8,10-11,16-21,25-28,31-34,42,44,71H,4-6,9,12-15,22-24,29-30,35-41,43,45-70H2,1-3H3/b10-7-,11-8-,19-16-,20-17-,21-18-,27-25-,28-26-,33-31-,34-32-,44-42-. The maximum Gasteiger partial charge on any atom is 0.306 e. The summed E-state index contributed by atoms with van der Waals surface area (Å²) in [6.07, 6.45) is 93.5. The van der Waals surface area contributed by atoms with E-state index in [2.05, 4.69) is 142 Å². The van der Waals surface area contributed by atoms with Gasteiger partial charge in [-0.15, -0.1) is 0 Å². The molecule has 0 aliphatic heterocycles. The van der Waals surface area contributed by atoms with Gasteiger partial charge < -0.3 is 14.2 Å². The first kappa shape index (κ1) is 75.8. The molecule has 1 atom stereocenters. The molecular weight excluding hydrogens is 985 g/mol. The van der Waals surface area contributed by atoms with Crippen LogP contribution in [-0.4, -0.2) is 37.2 Å². The molecule has 0 aromatic rings. The maximum atomic E-state index is 12.9. The highest BCUT2D eigenvalue weighted by Crippen LogP contribution is 2.16. The molecule has 6 nitrogen and oxygen atoms in total. The summed E-state index contributed by atoms with van der Waals surface area (Å²) in [4.78, 5) is 38.4. The third kappa shape index (κ3) is 64.6. The molecule has 80 heavy (non-hydrogen) atoms. The highest BCUT2D eigenvalue weighted by Gasteiger charge is 2.19. The molecule has 0 amide bonds. The number of carbonyl (C=O) groups excluding carboxylic acids is 3. The van der Waals surface area contributed by atoms with Gasteiger partial charge in [0.15, 0.2) is 6.10 Å². The first-order valence-electron chi connectivity index (χ1n) is 33.5. The summed E-state index contributed by atoms with van der Waals surface area (Å²) in [5.74, 6) is -0.900. The Balaban J connectivity index is 4.30. The molecule has 0 saturated heterocycles. The lowest BCUT2D eigenvalue weighted by Crippen LogP contribution is -2.30. The van der Waals surface area contributed by atoms with Gasteiger partial charge in [-0.05, 0) is 128 Å². The van der Waals surface area contributed by atoms with Crippen LogP contribution in [0.4, 0.5) is 0 Å². The van der Waals surface area contributed by atoms with Crippen LogP contribution in [0.1, 0.15) is 310 Å². The molecule has 0 aromatic heterocycles. The highest BCUT2D eigenvalue weighted by molar-refractivity contribution is 5.71. The average molecular weight is 1110 g/mol. The molecule has 0 saturated carbocycles. The second-order valence-electron chi connectivity index (χ2n) is 22.0. The predicted molar refractivity (Wildman–Crippen MR) is 348 cm³/mol. The van der Waals surface area contributed by atoms with Gasteiger partial charge in [0.05, 0.1) is 0 Å². The van der Waals surface area contributed by atoms with E-state index in [-0.39, 0.29) is 31.1 Å². The number of hydrogen-bond donors (Lipinski definition) is 0. The molecule has 0 fully saturated rings. The van der Waals surface area contributed by atoms with E-state index in [1.54, 1.807) is 0 Å². The Morgan fingerprint density at radius 3 is 0.775 bits per heavy atom. The third-order valence-corrected chi connectivity index (χ3v) is 14.2. The molecular formula is C74H124O6. The molecule has 0 spiro atoms. The molecule has 0 aliphatic rings. The number of carbonyl (C=O) groups is 3. The molecule has 456 valence electrons. The smallest absolute Gasteiger partial charge is 0.306 e. The lowest BCUT2D eigenvalue weighted by molar-refractivity contribution is -0.167. The molecule has 6 heteroatoms. The van der Waals surface area contributed by atoms with E-state index in [4.69, 9.17) is 14.2 Å². The molecule has 0 aliphatic carbocycles. The third-order valence-electron chi connectivity index (χ3n) is 14.2. The Bertz CT molecular complexity index is 1650. The van der Waals surface area contributed by atoms with E-state index in [0.717, 1.165) is 128 Å². The van der Waals surface area contributed by atoms with E-state index in [0.29, 0.717) is 19.3 Å². The predicted octanol–water partition coefficient (Wildman–Crippen LogP) is 23.2. The molecule has 1 unspecified atom stereocenters.